The highest BCUT2D eigenvalue weighted by atomic mass is 16.5. The lowest BCUT2D eigenvalue weighted by molar-refractivity contribution is 0.141. The normalized spacial score (nSPS) is 14.1. The summed E-state index contributed by atoms with van der Waals surface area (Å²) in [6.45, 7) is 4.58. The first kappa shape index (κ1) is 16.5. The van der Waals surface area contributed by atoms with Gasteiger partial charge in [-0.05, 0) is 24.5 Å². The molecule has 20 heavy (non-hydrogen) atoms. The Morgan fingerprint density at radius 1 is 1.50 bits per heavy atom. The van der Waals surface area contributed by atoms with Crippen LogP contribution in [0.4, 0.5) is 4.79 Å². The number of rotatable bonds is 8. The van der Waals surface area contributed by atoms with E-state index in [0.29, 0.717) is 24.7 Å². The van der Waals surface area contributed by atoms with Gasteiger partial charge in [-0.15, -0.1) is 0 Å². The van der Waals surface area contributed by atoms with E-state index in [4.69, 9.17) is 9.15 Å². The van der Waals surface area contributed by atoms with Gasteiger partial charge in [-0.1, -0.05) is 13.8 Å². The van der Waals surface area contributed by atoms with Gasteiger partial charge in [0.15, 0.2) is 0 Å². The fraction of sp³-hybridized carbons (Fsp3) is 0.643. The van der Waals surface area contributed by atoms with E-state index in [1.54, 1.807) is 25.5 Å². The molecule has 0 bridgehead atoms. The molecule has 1 aromatic heterocycles. The number of hydrogen-bond donors (Lipinski definition) is 3. The lowest BCUT2D eigenvalue weighted by Crippen LogP contribution is -2.42. The quantitative estimate of drug-likeness (QED) is 0.678. The summed E-state index contributed by atoms with van der Waals surface area (Å²) < 4.78 is 10.3. The van der Waals surface area contributed by atoms with Crippen LogP contribution in [0.1, 0.15) is 32.1 Å². The lowest BCUT2D eigenvalue weighted by atomic mass is 10.1. The smallest absolute Gasteiger partial charge is 0.315 e. The number of nitrogens with one attached hydrogen (secondary N) is 2. The van der Waals surface area contributed by atoms with Crippen molar-refractivity contribution in [2.24, 2.45) is 5.92 Å². The number of urea groups is 1. The van der Waals surface area contributed by atoms with Gasteiger partial charge in [-0.3, -0.25) is 0 Å². The molecule has 3 N–H and O–H groups in total. The van der Waals surface area contributed by atoms with Gasteiger partial charge in [0.25, 0.3) is 0 Å². The summed E-state index contributed by atoms with van der Waals surface area (Å²) >= 11 is 0. The fourth-order valence-corrected chi connectivity index (χ4v) is 1.90. The van der Waals surface area contributed by atoms with Crippen molar-refractivity contribution in [2.45, 2.75) is 32.4 Å². The molecule has 0 aliphatic carbocycles. The summed E-state index contributed by atoms with van der Waals surface area (Å²) in [6, 6.07) is 2.82. The zero-order valence-electron chi connectivity index (χ0n) is 12.3. The van der Waals surface area contributed by atoms with Gasteiger partial charge in [0.1, 0.15) is 11.8 Å². The Bertz CT molecular complexity index is 379. The lowest BCUT2D eigenvalue weighted by Gasteiger charge is -2.18. The summed E-state index contributed by atoms with van der Waals surface area (Å²) in [5.74, 6) is 1.02. The highest BCUT2D eigenvalue weighted by molar-refractivity contribution is 5.74. The van der Waals surface area contributed by atoms with Gasteiger partial charge >= 0.3 is 6.03 Å². The molecule has 1 aromatic rings. The van der Waals surface area contributed by atoms with Crippen molar-refractivity contribution in [3.63, 3.8) is 0 Å². The largest absolute Gasteiger partial charge is 0.467 e. The van der Waals surface area contributed by atoms with Crippen molar-refractivity contribution in [2.75, 3.05) is 20.3 Å². The summed E-state index contributed by atoms with van der Waals surface area (Å²) in [4.78, 5) is 11.8. The van der Waals surface area contributed by atoms with E-state index < -0.39 is 6.10 Å². The maximum Gasteiger partial charge on any atom is 0.315 e. The summed E-state index contributed by atoms with van der Waals surface area (Å²) in [5, 5.41) is 15.1. The molecule has 0 saturated carbocycles. The van der Waals surface area contributed by atoms with Crippen molar-refractivity contribution in [1.29, 1.82) is 0 Å². The first-order valence-corrected chi connectivity index (χ1v) is 6.77. The Kier molecular flexibility index (Phi) is 7.11. The number of carbonyl (C=O) groups excluding carboxylic acids is 1. The minimum Gasteiger partial charge on any atom is -0.467 e. The van der Waals surface area contributed by atoms with Crippen LogP contribution in [-0.2, 0) is 4.74 Å². The molecule has 6 nitrogen and oxygen atoms in total. The molecule has 0 aliphatic heterocycles. The van der Waals surface area contributed by atoms with Crippen LogP contribution in [-0.4, -0.2) is 37.5 Å². The summed E-state index contributed by atoms with van der Waals surface area (Å²) in [6.07, 6.45) is 1.66. The van der Waals surface area contributed by atoms with Crippen LogP contribution >= 0.6 is 0 Å². The van der Waals surface area contributed by atoms with Crippen LogP contribution in [0.5, 0.6) is 0 Å². The predicted octanol–water partition coefficient (Wildman–Crippen LogP) is 1.67. The molecule has 0 aliphatic rings. The summed E-state index contributed by atoms with van der Waals surface area (Å²) in [5.41, 5.74) is 0. The molecule has 1 rings (SSSR count). The van der Waals surface area contributed by atoms with E-state index in [1.807, 2.05) is 13.8 Å². The first-order chi connectivity index (χ1) is 9.52. The molecule has 2 atom stereocenters. The average molecular weight is 284 g/mol. The van der Waals surface area contributed by atoms with E-state index in [1.165, 1.54) is 0 Å². The number of methoxy groups -OCH3 is 1. The highest BCUT2D eigenvalue weighted by Gasteiger charge is 2.17. The number of carbonyl (C=O) groups is 1. The highest BCUT2D eigenvalue weighted by Crippen LogP contribution is 2.13. The Labute approximate surface area is 119 Å². The number of amides is 2. The third-order valence-electron chi connectivity index (χ3n) is 2.77. The fourth-order valence-electron chi connectivity index (χ4n) is 1.90. The summed E-state index contributed by atoms with van der Waals surface area (Å²) in [7, 11) is 1.56. The van der Waals surface area contributed by atoms with Crippen molar-refractivity contribution >= 4 is 6.03 Å². The zero-order chi connectivity index (χ0) is 15.0. The standard InChI is InChI=1S/C14H24N2O4/c1-10(2)7-11(17)8-15-14(18)16-12(9-19-3)13-5-4-6-20-13/h4-6,10-12,17H,7-9H2,1-3H3,(H2,15,16,18). The van der Waals surface area contributed by atoms with E-state index in [2.05, 4.69) is 10.6 Å². The van der Waals surface area contributed by atoms with Crippen molar-refractivity contribution in [1.82, 2.24) is 10.6 Å². The third kappa shape index (κ3) is 6.08. The molecule has 1 heterocycles. The van der Waals surface area contributed by atoms with Crippen LogP contribution < -0.4 is 10.6 Å². The third-order valence-corrected chi connectivity index (χ3v) is 2.77. The maximum atomic E-state index is 11.8. The molecule has 0 saturated heterocycles. The number of ether oxygens (including phenoxy) is 1. The monoisotopic (exact) mass is 284 g/mol. The van der Waals surface area contributed by atoms with Crippen molar-refractivity contribution in [3.05, 3.63) is 24.2 Å². The molecule has 6 heteroatoms. The number of aliphatic hydroxyl groups excluding tert-OH is 1. The SMILES string of the molecule is COCC(NC(=O)NCC(O)CC(C)C)c1ccco1. The van der Waals surface area contributed by atoms with E-state index >= 15 is 0 Å². The topological polar surface area (TPSA) is 83.7 Å². The second-order valence-electron chi connectivity index (χ2n) is 5.16. The van der Waals surface area contributed by atoms with E-state index in [0.717, 1.165) is 0 Å². The molecular weight excluding hydrogens is 260 g/mol. The molecule has 2 amide bonds. The predicted molar refractivity (Wildman–Crippen MR) is 75.3 cm³/mol. The molecule has 0 radical (unpaired) electrons. The molecule has 114 valence electrons. The zero-order valence-corrected chi connectivity index (χ0v) is 12.3. The van der Waals surface area contributed by atoms with Crippen LogP contribution in [0.25, 0.3) is 0 Å². The second kappa shape index (κ2) is 8.60. The average Bonchev–Trinajstić information content (AvgIpc) is 2.89. The second-order valence-corrected chi connectivity index (χ2v) is 5.16. The number of furan rings is 1. The Balaban J connectivity index is 2.39. The van der Waals surface area contributed by atoms with Crippen LogP contribution in [0.15, 0.2) is 22.8 Å². The molecule has 2 unspecified atom stereocenters. The van der Waals surface area contributed by atoms with Gasteiger partial charge in [0, 0.05) is 13.7 Å². The maximum absolute atomic E-state index is 11.8. The Morgan fingerprint density at radius 2 is 2.25 bits per heavy atom. The van der Waals surface area contributed by atoms with Gasteiger partial charge in [-0.25, -0.2) is 4.79 Å². The van der Waals surface area contributed by atoms with Crippen LogP contribution in [0, 0.1) is 5.92 Å². The molecule has 0 spiro atoms. The number of aliphatic hydroxyl groups is 1. The molecular formula is C14H24N2O4. The van der Waals surface area contributed by atoms with Gasteiger partial charge < -0.3 is 24.9 Å². The van der Waals surface area contributed by atoms with E-state index in [9.17, 15) is 9.90 Å². The van der Waals surface area contributed by atoms with Crippen LogP contribution in [0.3, 0.4) is 0 Å². The Morgan fingerprint density at radius 3 is 2.80 bits per heavy atom. The Hall–Kier alpha value is -1.53. The van der Waals surface area contributed by atoms with Crippen molar-refractivity contribution < 1.29 is 19.1 Å². The molecule has 0 aromatic carbocycles. The van der Waals surface area contributed by atoms with Gasteiger partial charge in [0.05, 0.1) is 19.0 Å². The van der Waals surface area contributed by atoms with Crippen LogP contribution in [0.2, 0.25) is 0 Å². The molecule has 0 fully saturated rings. The number of hydrogen-bond acceptors (Lipinski definition) is 4. The minimum atomic E-state index is -0.537. The van der Waals surface area contributed by atoms with Gasteiger partial charge in [-0.2, -0.15) is 0 Å². The van der Waals surface area contributed by atoms with Crippen molar-refractivity contribution in [3.8, 4) is 0 Å². The van der Waals surface area contributed by atoms with Gasteiger partial charge in [0.2, 0.25) is 0 Å². The van der Waals surface area contributed by atoms with E-state index in [-0.39, 0.29) is 18.6 Å². The first-order valence-electron chi connectivity index (χ1n) is 6.77. The minimum absolute atomic E-state index is 0.224.